The number of nitrogens with zero attached hydrogens (tertiary/aromatic N) is 2. The van der Waals surface area contributed by atoms with Gasteiger partial charge < -0.3 is 9.64 Å². The molecule has 1 aliphatic carbocycles. The molecule has 7 heteroatoms. The minimum absolute atomic E-state index is 0.0302. The van der Waals surface area contributed by atoms with Crippen molar-refractivity contribution in [3.05, 3.63) is 59.4 Å². The summed E-state index contributed by atoms with van der Waals surface area (Å²) in [5.74, 6) is 0.0177. The third-order valence-corrected chi connectivity index (χ3v) is 9.40. The number of benzene rings is 2. The number of fused-ring (bicyclic) bond motifs is 1. The van der Waals surface area contributed by atoms with Gasteiger partial charge in [-0.2, -0.15) is 4.31 Å². The highest BCUT2D eigenvalue weighted by Crippen LogP contribution is 2.29. The molecule has 5 rings (SSSR count). The molecule has 0 bridgehead atoms. The fraction of sp³-hybridized carbons (Fsp3) is 0.538. The topological polar surface area (TPSA) is 49.9 Å². The van der Waals surface area contributed by atoms with Crippen LogP contribution in [0.2, 0.25) is 0 Å². The van der Waals surface area contributed by atoms with Gasteiger partial charge in [0.05, 0.1) is 4.90 Å². The molecule has 5 nitrogen and oxygen atoms in total. The molecule has 0 spiro atoms. The van der Waals surface area contributed by atoms with Gasteiger partial charge in [-0.25, -0.2) is 12.8 Å². The van der Waals surface area contributed by atoms with Gasteiger partial charge in [0.2, 0.25) is 10.0 Å². The summed E-state index contributed by atoms with van der Waals surface area (Å²) in [4.78, 5) is 2.91. The lowest BCUT2D eigenvalue weighted by Gasteiger charge is -2.41. The van der Waals surface area contributed by atoms with Crippen LogP contribution in [0.4, 0.5) is 4.39 Å². The molecule has 33 heavy (non-hydrogen) atoms. The van der Waals surface area contributed by atoms with Crippen LogP contribution in [-0.4, -0.2) is 55.9 Å². The zero-order chi connectivity index (χ0) is 22.8. The molecule has 2 aromatic rings. The number of para-hydroxylation sites is 1. The van der Waals surface area contributed by atoms with Crippen molar-refractivity contribution in [3.63, 3.8) is 0 Å². The van der Waals surface area contributed by atoms with E-state index in [9.17, 15) is 12.8 Å². The van der Waals surface area contributed by atoms with Crippen LogP contribution in [0.25, 0.3) is 0 Å². The summed E-state index contributed by atoms with van der Waals surface area (Å²) >= 11 is 0. The molecule has 2 aromatic carbocycles. The second-order valence-corrected chi connectivity index (χ2v) is 11.5. The van der Waals surface area contributed by atoms with Gasteiger partial charge in [-0.15, -0.1) is 0 Å². The van der Waals surface area contributed by atoms with Crippen molar-refractivity contribution in [2.75, 3.05) is 26.2 Å². The molecule has 2 aliphatic heterocycles. The molecule has 2 heterocycles. The Morgan fingerprint density at radius 2 is 1.55 bits per heavy atom. The van der Waals surface area contributed by atoms with Crippen molar-refractivity contribution in [1.82, 2.24) is 9.21 Å². The minimum Gasteiger partial charge on any atom is -0.487 e. The highest BCUT2D eigenvalue weighted by Gasteiger charge is 2.33. The van der Waals surface area contributed by atoms with Crippen molar-refractivity contribution in [2.24, 2.45) is 0 Å². The first kappa shape index (κ1) is 22.8. The third-order valence-electron chi connectivity index (χ3n) is 7.50. The number of rotatable bonds is 5. The van der Waals surface area contributed by atoms with Crippen molar-refractivity contribution in [3.8, 4) is 5.75 Å². The highest BCUT2D eigenvalue weighted by molar-refractivity contribution is 7.89. The zero-order valence-electron chi connectivity index (χ0n) is 19.1. The van der Waals surface area contributed by atoms with Gasteiger partial charge in [0.1, 0.15) is 6.10 Å². The number of hydrogen-bond donors (Lipinski definition) is 0. The molecule has 3 aliphatic rings. The smallest absolute Gasteiger partial charge is 0.243 e. The first-order chi connectivity index (χ1) is 16.0. The molecular formula is C26H33FN2O3S. The maximum Gasteiger partial charge on any atom is 0.243 e. The lowest BCUT2D eigenvalue weighted by molar-refractivity contribution is 0.0568. The zero-order valence-corrected chi connectivity index (χ0v) is 19.9. The first-order valence-corrected chi connectivity index (χ1v) is 13.7. The van der Waals surface area contributed by atoms with E-state index in [1.165, 1.54) is 23.6 Å². The summed E-state index contributed by atoms with van der Waals surface area (Å²) < 4.78 is 47.9. The van der Waals surface area contributed by atoms with Gasteiger partial charge in [0.15, 0.2) is 11.6 Å². The van der Waals surface area contributed by atoms with Gasteiger partial charge in [-0.1, -0.05) is 18.2 Å². The monoisotopic (exact) mass is 472 g/mol. The van der Waals surface area contributed by atoms with E-state index in [-0.39, 0.29) is 11.9 Å². The molecule has 0 N–H and O–H groups in total. The van der Waals surface area contributed by atoms with E-state index >= 15 is 0 Å². The molecule has 0 saturated carbocycles. The normalized spacial score (nSPS) is 21.6. The molecule has 2 saturated heterocycles. The summed E-state index contributed by atoms with van der Waals surface area (Å²) in [7, 11) is -3.44. The number of aryl methyl sites for hydroxylation is 2. The highest BCUT2D eigenvalue weighted by atomic mass is 32.2. The van der Waals surface area contributed by atoms with Crippen molar-refractivity contribution >= 4 is 10.0 Å². The Kier molecular flexibility index (Phi) is 6.72. The summed E-state index contributed by atoms with van der Waals surface area (Å²) in [6.45, 7) is 2.94. The van der Waals surface area contributed by atoms with E-state index in [2.05, 4.69) is 4.90 Å². The van der Waals surface area contributed by atoms with Gasteiger partial charge in [-0.05, 0) is 86.8 Å². The van der Waals surface area contributed by atoms with E-state index < -0.39 is 10.0 Å². The van der Waals surface area contributed by atoms with Crippen LogP contribution in [0.5, 0.6) is 5.75 Å². The number of hydrogen-bond acceptors (Lipinski definition) is 4. The fourth-order valence-electron chi connectivity index (χ4n) is 5.55. The van der Waals surface area contributed by atoms with E-state index in [4.69, 9.17) is 4.74 Å². The predicted octanol–water partition coefficient (Wildman–Crippen LogP) is 4.40. The van der Waals surface area contributed by atoms with E-state index in [0.29, 0.717) is 29.8 Å². The maximum atomic E-state index is 13.9. The summed E-state index contributed by atoms with van der Waals surface area (Å²) in [5.41, 5.74) is 2.51. The fourth-order valence-corrected chi connectivity index (χ4v) is 7.07. The number of ether oxygens (including phenoxy) is 1. The van der Waals surface area contributed by atoms with Crippen LogP contribution in [0.1, 0.15) is 49.7 Å². The second kappa shape index (κ2) is 9.72. The van der Waals surface area contributed by atoms with Crippen LogP contribution in [0, 0.1) is 5.82 Å². The standard InChI is InChI=1S/C26H33FN2O3S/c27-25-7-3-4-8-26(25)32-23-13-15-28(16-14-23)22-11-17-29(18-12-22)33(30,31)24-10-9-20-5-1-2-6-21(20)19-24/h3-4,7-10,19,22-23H,1-2,5-6,11-18H2. The van der Waals surface area contributed by atoms with Crippen LogP contribution in [0.15, 0.2) is 47.4 Å². The molecule has 0 amide bonds. The van der Waals surface area contributed by atoms with Crippen molar-refractivity contribution in [1.29, 1.82) is 0 Å². The summed E-state index contributed by atoms with van der Waals surface area (Å²) in [6, 6.07) is 12.7. The second-order valence-electron chi connectivity index (χ2n) is 9.56. The maximum absolute atomic E-state index is 13.9. The molecule has 0 unspecified atom stereocenters. The molecule has 0 atom stereocenters. The van der Waals surface area contributed by atoms with E-state index in [1.807, 2.05) is 12.1 Å². The van der Waals surface area contributed by atoms with Crippen LogP contribution >= 0.6 is 0 Å². The summed E-state index contributed by atoms with van der Waals surface area (Å²) in [6.07, 6.45) is 7.84. The minimum atomic E-state index is -3.44. The number of piperidine rings is 2. The largest absolute Gasteiger partial charge is 0.487 e. The Hall–Kier alpha value is -1.96. The SMILES string of the molecule is O=S(=O)(c1ccc2c(c1)CCCC2)N1CCC(N2CCC(Oc3ccccc3F)CC2)CC1. The molecule has 0 radical (unpaired) electrons. The Morgan fingerprint density at radius 3 is 2.27 bits per heavy atom. The molecular weight excluding hydrogens is 439 g/mol. The van der Waals surface area contributed by atoms with Crippen LogP contribution in [-0.2, 0) is 22.9 Å². The van der Waals surface area contributed by atoms with Crippen molar-refractivity contribution < 1.29 is 17.5 Å². The van der Waals surface area contributed by atoms with Gasteiger partial charge >= 0.3 is 0 Å². The van der Waals surface area contributed by atoms with Gasteiger partial charge in [0, 0.05) is 32.2 Å². The van der Waals surface area contributed by atoms with Crippen LogP contribution in [0.3, 0.4) is 0 Å². The Morgan fingerprint density at radius 1 is 0.848 bits per heavy atom. The Labute approximate surface area is 196 Å². The summed E-state index contributed by atoms with van der Waals surface area (Å²) in [5, 5.41) is 0. The quantitative estimate of drug-likeness (QED) is 0.647. The third kappa shape index (κ3) is 4.96. The molecule has 2 fully saturated rings. The molecule has 178 valence electrons. The lowest BCUT2D eigenvalue weighted by atomic mass is 9.92. The average molecular weight is 473 g/mol. The number of likely N-dealkylation sites (tertiary alicyclic amines) is 1. The van der Waals surface area contributed by atoms with Gasteiger partial charge in [0.25, 0.3) is 0 Å². The molecule has 0 aromatic heterocycles. The number of sulfonamides is 1. The van der Waals surface area contributed by atoms with Crippen LogP contribution < -0.4 is 4.74 Å². The first-order valence-electron chi connectivity index (χ1n) is 12.3. The predicted molar refractivity (Wildman–Crippen MR) is 126 cm³/mol. The van der Waals surface area contributed by atoms with E-state index in [0.717, 1.165) is 58.0 Å². The Balaban J connectivity index is 1.14. The van der Waals surface area contributed by atoms with Crippen molar-refractivity contribution in [2.45, 2.75) is 68.4 Å². The number of halogens is 1. The lowest BCUT2D eigenvalue weighted by Crippen LogP contribution is -2.50. The average Bonchev–Trinajstić information content (AvgIpc) is 2.86. The van der Waals surface area contributed by atoms with E-state index in [1.54, 1.807) is 28.6 Å². The van der Waals surface area contributed by atoms with Gasteiger partial charge in [-0.3, -0.25) is 0 Å². The Bertz CT molecular complexity index is 1070.